The minimum absolute atomic E-state index is 0.107. The Morgan fingerprint density at radius 3 is 2.41 bits per heavy atom. The second-order valence-electron chi connectivity index (χ2n) is 9.69. The predicted molar refractivity (Wildman–Crippen MR) is 148 cm³/mol. The van der Waals surface area contributed by atoms with E-state index in [1.165, 1.54) is 16.7 Å². The van der Waals surface area contributed by atoms with Crippen molar-refractivity contribution in [1.29, 1.82) is 0 Å². The number of carbonyl (C=O) groups excluding carboxylic acids is 1. The van der Waals surface area contributed by atoms with Crippen molar-refractivity contribution in [1.82, 2.24) is 20.1 Å². The maximum Gasteiger partial charge on any atom is 0.235 e. The first-order valence-electron chi connectivity index (χ1n) is 13.0. The number of methoxy groups -OCH3 is 1. The van der Waals surface area contributed by atoms with Crippen molar-refractivity contribution >= 4 is 17.7 Å². The van der Waals surface area contributed by atoms with Crippen molar-refractivity contribution in [3.63, 3.8) is 0 Å². The van der Waals surface area contributed by atoms with Gasteiger partial charge in [0, 0.05) is 25.8 Å². The number of carbonyl (C=O) groups is 1. The third-order valence-electron chi connectivity index (χ3n) is 7.49. The highest BCUT2D eigenvalue weighted by atomic mass is 32.2. The smallest absolute Gasteiger partial charge is 0.235 e. The predicted octanol–water partition coefficient (Wildman–Crippen LogP) is 5.80. The molecule has 0 bridgehead atoms. The molecule has 6 nitrogen and oxygen atoms in total. The highest BCUT2D eigenvalue weighted by molar-refractivity contribution is 7.99. The third-order valence-corrected chi connectivity index (χ3v) is 8.61. The van der Waals surface area contributed by atoms with Crippen LogP contribution in [0.5, 0.6) is 0 Å². The maximum absolute atomic E-state index is 14.1. The number of hydrogen-bond donors (Lipinski definition) is 1. The second-order valence-corrected chi connectivity index (χ2v) is 10.8. The average molecular weight is 515 g/mol. The zero-order valence-electron chi connectivity index (χ0n) is 21.6. The third kappa shape index (κ3) is 5.10. The van der Waals surface area contributed by atoms with E-state index in [4.69, 9.17) is 4.74 Å². The number of nitrogens with one attached hydrogen (secondary N) is 1. The lowest BCUT2D eigenvalue weighted by atomic mass is 9.73. The van der Waals surface area contributed by atoms with Crippen LogP contribution in [0.25, 0.3) is 11.1 Å². The van der Waals surface area contributed by atoms with Gasteiger partial charge in [0.05, 0.1) is 12.9 Å². The molecule has 0 saturated heterocycles. The molecule has 0 aliphatic heterocycles. The van der Waals surface area contributed by atoms with Gasteiger partial charge in [0.1, 0.15) is 11.7 Å². The molecular weight excluding hydrogens is 480 g/mol. The number of benzene rings is 2. The minimum atomic E-state index is -0.674. The Bertz CT molecular complexity index is 1280. The molecule has 1 aromatic heterocycles. The number of hydrogen-bond acceptors (Lipinski definition) is 5. The number of aryl methyl sites for hydroxylation is 1. The molecule has 7 heteroatoms. The summed E-state index contributed by atoms with van der Waals surface area (Å²) in [6, 6.07) is 16.8. The van der Waals surface area contributed by atoms with Gasteiger partial charge >= 0.3 is 0 Å². The monoisotopic (exact) mass is 514 g/mol. The Morgan fingerprint density at radius 1 is 1.05 bits per heavy atom. The van der Waals surface area contributed by atoms with Crippen molar-refractivity contribution < 1.29 is 9.53 Å². The molecule has 0 radical (unpaired) electrons. The highest BCUT2D eigenvalue weighted by Gasteiger charge is 2.48. The van der Waals surface area contributed by atoms with Crippen molar-refractivity contribution in [3.05, 3.63) is 89.5 Å². The molecule has 192 valence electrons. The normalized spacial score (nSPS) is 15.4. The number of ether oxygens (including phenoxy) is 1. The number of unbranched alkanes of at least 4 members (excludes halogenated alkanes) is 1. The molecule has 0 unspecified atom stereocenters. The topological polar surface area (TPSA) is 69.0 Å². The zero-order chi connectivity index (χ0) is 25.7. The number of nitrogens with zero attached hydrogens (tertiary/aromatic N) is 3. The maximum atomic E-state index is 14.1. The van der Waals surface area contributed by atoms with Crippen molar-refractivity contribution in [2.45, 2.75) is 49.1 Å². The van der Waals surface area contributed by atoms with Crippen LogP contribution in [0.15, 0.2) is 83.5 Å². The van der Waals surface area contributed by atoms with Gasteiger partial charge < -0.3 is 14.6 Å². The summed E-state index contributed by atoms with van der Waals surface area (Å²) in [5, 5.41) is 12.4. The summed E-state index contributed by atoms with van der Waals surface area (Å²) in [6.45, 7) is 0.634. The van der Waals surface area contributed by atoms with E-state index in [1.54, 1.807) is 25.2 Å². The lowest BCUT2D eigenvalue weighted by Crippen LogP contribution is -2.44. The zero-order valence-corrected chi connectivity index (χ0v) is 22.4. The summed E-state index contributed by atoms with van der Waals surface area (Å²) in [5.41, 5.74) is 5.27. The van der Waals surface area contributed by atoms with Crippen molar-refractivity contribution in [3.8, 4) is 11.1 Å². The van der Waals surface area contributed by atoms with E-state index in [0.717, 1.165) is 66.3 Å². The fraction of sp³-hybridized carbons (Fsp3) is 0.367. The van der Waals surface area contributed by atoms with Crippen molar-refractivity contribution in [2.75, 3.05) is 19.4 Å². The number of thioether (sulfide) groups is 1. The molecule has 0 spiro atoms. The molecule has 0 saturated carbocycles. The van der Waals surface area contributed by atoms with Gasteiger partial charge in [-0.15, -0.1) is 10.2 Å². The molecule has 0 atom stereocenters. The van der Waals surface area contributed by atoms with Crippen LogP contribution in [0.4, 0.5) is 0 Å². The van der Waals surface area contributed by atoms with Crippen molar-refractivity contribution in [2.24, 2.45) is 7.05 Å². The summed E-state index contributed by atoms with van der Waals surface area (Å²) in [4.78, 5) is 14.1. The molecule has 2 aromatic carbocycles. The van der Waals surface area contributed by atoms with E-state index in [2.05, 4.69) is 70.1 Å². The average Bonchev–Trinajstić information content (AvgIpc) is 3.48. The summed E-state index contributed by atoms with van der Waals surface area (Å²) in [7, 11) is 3.68. The van der Waals surface area contributed by atoms with Gasteiger partial charge in [-0.1, -0.05) is 78.4 Å². The van der Waals surface area contributed by atoms with Crippen LogP contribution in [0.2, 0.25) is 0 Å². The molecule has 1 heterocycles. The standard InChI is InChI=1S/C30H34N4O2S/c1-34-21-32-33-29(34)37-20-8-7-18-30(28(35)31-19-17-22-13-15-23(36-2)16-14-22)26-11-5-3-9-24(26)25-10-4-6-12-27(25)30/h3-6,9-13,15,21H,7-8,14,16-20H2,1-2H3,(H,31,35). The van der Waals surface area contributed by atoms with Crippen LogP contribution >= 0.6 is 11.8 Å². The largest absolute Gasteiger partial charge is 0.501 e. The second kappa shape index (κ2) is 11.4. The van der Waals surface area contributed by atoms with Crippen LogP contribution in [0.3, 0.4) is 0 Å². The summed E-state index contributed by atoms with van der Waals surface area (Å²) in [6.07, 6.45) is 11.4. The van der Waals surface area contributed by atoms with Crippen LogP contribution in [-0.4, -0.2) is 40.1 Å². The SMILES string of the molecule is COC1=CC=C(CCNC(=O)C2(CCCCSc3nncn3C)c3ccccc3-c3ccccc32)CC1. The Labute approximate surface area is 223 Å². The molecule has 5 rings (SSSR count). The van der Waals surface area contributed by atoms with Crippen LogP contribution in [0, 0.1) is 0 Å². The summed E-state index contributed by atoms with van der Waals surface area (Å²) in [5.74, 6) is 2.07. The molecular formula is C30H34N4O2S. The number of allylic oxidation sites excluding steroid dienone is 3. The molecule has 1 N–H and O–H groups in total. The Balaban J connectivity index is 1.33. The Morgan fingerprint density at radius 2 is 1.78 bits per heavy atom. The van der Waals surface area contributed by atoms with E-state index in [-0.39, 0.29) is 5.91 Å². The fourth-order valence-corrected chi connectivity index (χ4v) is 6.43. The van der Waals surface area contributed by atoms with Gasteiger partial charge in [-0.25, -0.2) is 0 Å². The van der Waals surface area contributed by atoms with Gasteiger partial charge in [-0.05, 0) is 54.0 Å². The summed E-state index contributed by atoms with van der Waals surface area (Å²) >= 11 is 1.72. The van der Waals surface area contributed by atoms with Crippen LogP contribution < -0.4 is 5.32 Å². The van der Waals surface area contributed by atoms with Gasteiger partial charge in [0.25, 0.3) is 0 Å². The first kappa shape index (κ1) is 25.3. The lowest BCUT2D eigenvalue weighted by Gasteiger charge is -2.31. The lowest BCUT2D eigenvalue weighted by molar-refractivity contribution is -0.125. The molecule has 0 fully saturated rings. The van der Waals surface area contributed by atoms with Crippen LogP contribution in [-0.2, 0) is 22.0 Å². The fourth-order valence-electron chi connectivity index (χ4n) is 5.54. The summed E-state index contributed by atoms with van der Waals surface area (Å²) < 4.78 is 7.29. The van der Waals surface area contributed by atoms with E-state index in [9.17, 15) is 4.79 Å². The minimum Gasteiger partial charge on any atom is -0.501 e. The molecule has 37 heavy (non-hydrogen) atoms. The number of rotatable bonds is 11. The first-order valence-corrected chi connectivity index (χ1v) is 14.0. The van der Waals surface area contributed by atoms with Gasteiger partial charge in [0.15, 0.2) is 5.16 Å². The molecule has 2 aliphatic carbocycles. The number of amides is 1. The number of fused-ring (bicyclic) bond motifs is 3. The first-order chi connectivity index (χ1) is 18.1. The molecule has 2 aliphatic rings. The van der Waals surface area contributed by atoms with Crippen LogP contribution in [0.1, 0.15) is 49.7 Å². The van der Waals surface area contributed by atoms with E-state index in [0.29, 0.717) is 6.54 Å². The van der Waals surface area contributed by atoms with Gasteiger partial charge in [0.2, 0.25) is 5.91 Å². The number of aromatic nitrogens is 3. The molecule has 1 amide bonds. The van der Waals surface area contributed by atoms with E-state index < -0.39 is 5.41 Å². The van der Waals surface area contributed by atoms with E-state index >= 15 is 0 Å². The molecule has 3 aromatic rings. The highest BCUT2D eigenvalue weighted by Crippen LogP contribution is 2.51. The Kier molecular flexibility index (Phi) is 7.79. The van der Waals surface area contributed by atoms with E-state index in [1.807, 2.05) is 17.7 Å². The quantitative estimate of drug-likeness (QED) is 0.259. The van der Waals surface area contributed by atoms with Gasteiger partial charge in [-0.3, -0.25) is 4.79 Å². The Hall–Kier alpha value is -3.32. The van der Waals surface area contributed by atoms with Gasteiger partial charge in [-0.2, -0.15) is 0 Å².